The fourth-order valence-corrected chi connectivity index (χ4v) is 2.34. The van der Waals surface area contributed by atoms with Gasteiger partial charge in [-0.15, -0.1) is 0 Å². The van der Waals surface area contributed by atoms with Crippen LogP contribution in [0.15, 0.2) is 18.2 Å². The zero-order chi connectivity index (χ0) is 14.0. The van der Waals surface area contributed by atoms with Crippen molar-refractivity contribution < 1.29 is 19.0 Å². The molecule has 1 unspecified atom stereocenters. The maximum absolute atomic E-state index is 13.9. The van der Waals surface area contributed by atoms with E-state index in [4.69, 9.17) is 9.84 Å². The molecule has 104 valence electrons. The van der Waals surface area contributed by atoms with Crippen molar-refractivity contribution in [1.29, 1.82) is 0 Å². The average Bonchev–Trinajstić information content (AvgIpc) is 3.12. The number of halogens is 1. The summed E-state index contributed by atoms with van der Waals surface area (Å²) in [5.41, 5.74) is 0.763. The largest absolute Gasteiger partial charge is 0.488 e. The van der Waals surface area contributed by atoms with Crippen LogP contribution in [0.3, 0.4) is 0 Å². The second kappa shape index (κ2) is 5.59. The van der Waals surface area contributed by atoms with Gasteiger partial charge < -0.3 is 9.84 Å². The smallest absolute Gasteiger partial charge is 0.303 e. The number of rotatable bonds is 6. The van der Waals surface area contributed by atoms with Crippen LogP contribution in [0, 0.1) is 11.7 Å². The minimum absolute atomic E-state index is 0.0640. The molecule has 0 spiro atoms. The maximum atomic E-state index is 13.9. The molecule has 1 aliphatic carbocycles. The van der Waals surface area contributed by atoms with E-state index in [1.807, 2.05) is 13.8 Å². The summed E-state index contributed by atoms with van der Waals surface area (Å²) in [7, 11) is 0. The fourth-order valence-electron chi connectivity index (χ4n) is 2.34. The Morgan fingerprint density at radius 3 is 2.63 bits per heavy atom. The Morgan fingerprint density at radius 2 is 2.16 bits per heavy atom. The molecule has 2 rings (SSSR count). The van der Waals surface area contributed by atoms with Gasteiger partial charge in [0.05, 0.1) is 12.5 Å². The van der Waals surface area contributed by atoms with Gasteiger partial charge in [0.15, 0.2) is 11.6 Å². The van der Waals surface area contributed by atoms with E-state index >= 15 is 0 Å². The Morgan fingerprint density at radius 1 is 1.47 bits per heavy atom. The summed E-state index contributed by atoms with van der Waals surface area (Å²) < 4.78 is 19.3. The van der Waals surface area contributed by atoms with Crippen LogP contribution < -0.4 is 4.74 Å². The molecule has 1 aromatic carbocycles. The zero-order valence-electron chi connectivity index (χ0n) is 11.2. The highest BCUT2D eigenvalue weighted by Crippen LogP contribution is 2.45. The molecule has 0 saturated heterocycles. The first-order valence-electron chi connectivity index (χ1n) is 6.65. The Balaban J connectivity index is 2.19. The van der Waals surface area contributed by atoms with E-state index < -0.39 is 11.8 Å². The van der Waals surface area contributed by atoms with Crippen LogP contribution in [0.5, 0.6) is 5.75 Å². The molecule has 19 heavy (non-hydrogen) atoms. The quantitative estimate of drug-likeness (QED) is 0.856. The fraction of sp³-hybridized carbons (Fsp3) is 0.533. The molecule has 0 aliphatic heterocycles. The molecule has 1 fully saturated rings. The summed E-state index contributed by atoms with van der Waals surface area (Å²) in [6, 6.07) is 4.80. The predicted octanol–water partition coefficient (Wildman–Crippen LogP) is 3.58. The van der Waals surface area contributed by atoms with Crippen LogP contribution in [-0.4, -0.2) is 17.2 Å². The highest BCUT2D eigenvalue weighted by Gasteiger charge is 2.34. The van der Waals surface area contributed by atoms with Crippen LogP contribution in [0.4, 0.5) is 4.39 Å². The maximum Gasteiger partial charge on any atom is 0.303 e. The number of carboxylic acids is 1. The highest BCUT2D eigenvalue weighted by atomic mass is 19.1. The molecule has 1 aromatic rings. The van der Waals surface area contributed by atoms with Crippen molar-refractivity contribution in [3.05, 3.63) is 29.6 Å². The van der Waals surface area contributed by atoms with E-state index in [1.54, 1.807) is 12.1 Å². The molecular weight excluding hydrogens is 247 g/mol. The molecule has 1 saturated carbocycles. The summed E-state index contributed by atoms with van der Waals surface area (Å²) in [6.45, 7) is 3.68. The zero-order valence-corrected chi connectivity index (χ0v) is 11.2. The van der Waals surface area contributed by atoms with E-state index in [0.29, 0.717) is 5.92 Å². The van der Waals surface area contributed by atoms with Crippen LogP contribution >= 0.6 is 0 Å². The molecule has 3 nitrogen and oxygen atoms in total. The van der Waals surface area contributed by atoms with Crippen LogP contribution in [0.25, 0.3) is 0 Å². The van der Waals surface area contributed by atoms with Crippen LogP contribution in [0.1, 0.15) is 44.6 Å². The Hall–Kier alpha value is -1.58. The number of carbonyl (C=O) groups is 1. The molecule has 0 bridgehead atoms. The van der Waals surface area contributed by atoms with Crippen molar-refractivity contribution in [3.8, 4) is 5.75 Å². The minimum atomic E-state index is -0.834. The number of aliphatic carboxylic acids is 1. The highest BCUT2D eigenvalue weighted by molar-refractivity contribution is 5.68. The summed E-state index contributed by atoms with van der Waals surface area (Å²) in [5, 5.41) is 8.95. The third-order valence-corrected chi connectivity index (χ3v) is 3.33. The van der Waals surface area contributed by atoms with Gasteiger partial charge >= 0.3 is 5.97 Å². The molecule has 1 aliphatic rings. The van der Waals surface area contributed by atoms with Gasteiger partial charge in [0.2, 0.25) is 0 Å². The van der Waals surface area contributed by atoms with Gasteiger partial charge in [-0.3, -0.25) is 4.79 Å². The van der Waals surface area contributed by atoms with Crippen LogP contribution in [-0.2, 0) is 4.79 Å². The lowest BCUT2D eigenvalue weighted by atomic mass is 9.91. The van der Waals surface area contributed by atoms with Gasteiger partial charge in [-0.1, -0.05) is 6.07 Å². The minimum Gasteiger partial charge on any atom is -0.488 e. The Bertz CT molecular complexity index is 466. The molecule has 0 amide bonds. The number of ether oxygens (including phenoxy) is 1. The van der Waals surface area contributed by atoms with Gasteiger partial charge in [0, 0.05) is 0 Å². The van der Waals surface area contributed by atoms with Crippen molar-refractivity contribution in [1.82, 2.24) is 0 Å². The standard InChI is InChI=1S/C15H19FO3/c1-9(2)19-14-6-5-11(7-13(14)16)12(8-15(17)18)10-3-4-10/h5-7,9-10,12H,3-4,8H2,1-2H3,(H,17,18). The van der Waals surface area contributed by atoms with E-state index in [0.717, 1.165) is 18.4 Å². The summed E-state index contributed by atoms with van der Waals surface area (Å²) >= 11 is 0. The molecule has 1 atom stereocenters. The van der Waals surface area contributed by atoms with Gasteiger partial charge in [0.25, 0.3) is 0 Å². The summed E-state index contributed by atoms with van der Waals surface area (Å²) in [4.78, 5) is 10.9. The molecule has 0 radical (unpaired) electrons. The number of benzene rings is 1. The monoisotopic (exact) mass is 266 g/mol. The van der Waals surface area contributed by atoms with Gasteiger partial charge in [-0.25, -0.2) is 4.39 Å². The topological polar surface area (TPSA) is 46.5 Å². The van der Waals surface area contributed by atoms with Crippen molar-refractivity contribution in [2.45, 2.75) is 45.1 Å². The molecule has 1 N–H and O–H groups in total. The van der Waals surface area contributed by atoms with Crippen LogP contribution in [0.2, 0.25) is 0 Å². The third-order valence-electron chi connectivity index (χ3n) is 3.33. The van der Waals surface area contributed by atoms with Crippen molar-refractivity contribution in [2.75, 3.05) is 0 Å². The van der Waals surface area contributed by atoms with Gasteiger partial charge in [0.1, 0.15) is 0 Å². The Labute approximate surface area is 112 Å². The normalized spacial score (nSPS) is 16.4. The van der Waals surface area contributed by atoms with E-state index in [-0.39, 0.29) is 24.2 Å². The first-order valence-corrected chi connectivity index (χ1v) is 6.65. The number of hydrogen-bond acceptors (Lipinski definition) is 2. The number of hydrogen-bond donors (Lipinski definition) is 1. The van der Waals surface area contributed by atoms with Crippen molar-refractivity contribution >= 4 is 5.97 Å². The average molecular weight is 266 g/mol. The lowest BCUT2D eigenvalue weighted by molar-refractivity contribution is -0.137. The number of carboxylic acid groups (broad SMARTS) is 1. The van der Waals surface area contributed by atoms with Gasteiger partial charge in [-0.05, 0) is 56.2 Å². The van der Waals surface area contributed by atoms with Gasteiger partial charge in [-0.2, -0.15) is 0 Å². The van der Waals surface area contributed by atoms with Crippen molar-refractivity contribution in [3.63, 3.8) is 0 Å². The molecule has 0 heterocycles. The van der Waals surface area contributed by atoms with E-state index in [2.05, 4.69) is 0 Å². The third kappa shape index (κ3) is 3.69. The lowest BCUT2D eigenvalue weighted by Crippen LogP contribution is -2.10. The van der Waals surface area contributed by atoms with E-state index in [1.165, 1.54) is 6.07 Å². The van der Waals surface area contributed by atoms with E-state index in [9.17, 15) is 9.18 Å². The molecule has 4 heteroatoms. The Kier molecular flexibility index (Phi) is 4.08. The predicted molar refractivity (Wildman–Crippen MR) is 69.9 cm³/mol. The lowest BCUT2D eigenvalue weighted by Gasteiger charge is -2.16. The summed E-state index contributed by atoms with van der Waals surface area (Å²) in [5.74, 6) is -0.724. The first kappa shape index (κ1) is 13.8. The SMILES string of the molecule is CC(C)Oc1ccc(C(CC(=O)O)C2CC2)cc1F. The summed E-state index contributed by atoms with van der Waals surface area (Å²) in [6.07, 6.45) is 2.04. The molecular formula is C15H19FO3. The van der Waals surface area contributed by atoms with Crippen molar-refractivity contribution in [2.24, 2.45) is 5.92 Å². The second-order valence-corrected chi connectivity index (χ2v) is 5.40. The first-order chi connectivity index (χ1) is 8.97. The molecule has 0 aromatic heterocycles. The second-order valence-electron chi connectivity index (χ2n) is 5.40.